The molecule has 0 bridgehead atoms. The highest BCUT2D eigenvalue weighted by molar-refractivity contribution is 6.16. The van der Waals surface area contributed by atoms with Crippen LogP contribution in [0.2, 0.25) is 0 Å². The van der Waals surface area contributed by atoms with Crippen molar-refractivity contribution in [1.82, 2.24) is 20.4 Å². The lowest BCUT2D eigenvalue weighted by atomic mass is 9.78. The summed E-state index contributed by atoms with van der Waals surface area (Å²) in [5.74, 6) is -3.53. The standard InChI is InChI=1S/C38H40F4N6O4/c1-3-48-35(45-29-11-5-4-6-12-29)32(33(43)24(2)44-30(49)13-8-18-47-19-21-52-22-20-47)31(25-14-16-28(39)17-15-25)34(37(48)51)46-36(50)26-9-7-10-27(23-26)38(40,41)42/h4-17,23-24,31,34H,3,18-22,43H2,1-2H3,(H,44,49)(H,46,50)/b13-8+,33-32-,45-35?. The number of para-hydroxylation sites is 1. The molecule has 5 rings (SSSR count). The average Bonchev–Trinajstić information content (AvgIpc) is 3.13. The minimum atomic E-state index is -4.71. The maximum atomic E-state index is 14.4. The van der Waals surface area contributed by atoms with Crippen LogP contribution in [0.4, 0.5) is 23.2 Å². The molecule has 2 aliphatic rings. The number of nitrogens with one attached hydrogen (secondary N) is 2. The van der Waals surface area contributed by atoms with Crippen molar-refractivity contribution in [3.63, 3.8) is 0 Å². The fraction of sp³-hybridized carbons (Fsp3) is 0.316. The minimum absolute atomic E-state index is 0.0678. The van der Waals surface area contributed by atoms with E-state index < -0.39 is 53.3 Å². The van der Waals surface area contributed by atoms with Gasteiger partial charge in [0.05, 0.1) is 30.5 Å². The minimum Gasteiger partial charge on any atom is -0.400 e. The number of amides is 3. The lowest BCUT2D eigenvalue weighted by Gasteiger charge is -2.42. The lowest BCUT2D eigenvalue weighted by Crippen LogP contribution is -2.59. The van der Waals surface area contributed by atoms with E-state index in [4.69, 9.17) is 15.5 Å². The van der Waals surface area contributed by atoms with E-state index in [1.807, 2.05) is 0 Å². The molecule has 2 heterocycles. The molecule has 3 aromatic rings. The Morgan fingerprint density at radius 2 is 1.73 bits per heavy atom. The molecule has 3 aromatic carbocycles. The van der Waals surface area contributed by atoms with Gasteiger partial charge in [0, 0.05) is 55.0 Å². The summed E-state index contributed by atoms with van der Waals surface area (Å²) in [5.41, 5.74) is 6.75. The summed E-state index contributed by atoms with van der Waals surface area (Å²) in [7, 11) is 0. The zero-order valence-corrected chi connectivity index (χ0v) is 28.7. The molecule has 3 unspecified atom stereocenters. The third-order valence-electron chi connectivity index (χ3n) is 8.82. The second-order valence-electron chi connectivity index (χ2n) is 12.3. The highest BCUT2D eigenvalue weighted by Gasteiger charge is 2.46. The van der Waals surface area contributed by atoms with Crippen molar-refractivity contribution in [2.75, 3.05) is 39.4 Å². The number of likely N-dealkylation sites (N-methyl/N-ethyl adjacent to an activating group) is 1. The average molecular weight is 721 g/mol. The number of likely N-dealkylation sites (tertiary alicyclic amines) is 1. The highest BCUT2D eigenvalue weighted by Crippen LogP contribution is 2.38. The number of aliphatic imine (C=N–C) groups is 1. The number of carbonyl (C=O) groups is 3. The maximum absolute atomic E-state index is 14.4. The number of rotatable bonds is 10. The highest BCUT2D eigenvalue weighted by atomic mass is 19.4. The van der Waals surface area contributed by atoms with Gasteiger partial charge < -0.3 is 21.1 Å². The summed E-state index contributed by atoms with van der Waals surface area (Å²) in [6.45, 7) is 6.68. The van der Waals surface area contributed by atoms with Gasteiger partial charge in [-0.3, -0.25) is 24.2 Å². The van der Waals surface area contributed by atoms with Crippen LogP contribution in [-0.4, -0.2) is 84.8 Å². The van der Waals surface area contributed by atoms with Gasteiger partial charge in [0.15, 0.2) is 0 Å². The molecular weight excluding hydrogens is 680 g/mol. The van der Waals surface area contributed by atoms with Gasteiger partial charge >= 0.3 is 6.18 Å². The first-order valence-electron chi connectivity index (χ1n) is 16.8. The molecule has 0 aliphatic carbocycles. The van der Waals surface area contributed by atoms with Gasteiger partial charge in [-0.05, 0) is 61.9 Å². The molecule has 274 valence electrons. The number of ether oxygens (including phenoxy) is 1. The molecule has 3 amide bonds. The Labute approximate surface area is 299 Å². The van der Waals surface area contributed by atoms with Gasteiger partial charge in [-0.2, -0.15) is 13.2 Å². The van der Waals surface area contributed by atoms with Crippen LogP contribution in [0.15, 0.2) is 107 Å². The van der Waals surface area contributed by atoms with E-state index in [2.05, 4.69) is 15.5 Å². The van der Waals surface area contributed by atoms with Crippen molar-refractivity contribution < 1.29 is 36.7 Å². The van der Waals surface area contributed by atoms with E-state index in [0.29, 0.717) is 37.1 Å². The van der Waals surface area contributed by atoms with Gasteiger partial charge in [-0.25, -0.2) is 9.38 Å². The molecular formula is C38H40F4N6O4. The van der Waals surface area contributed by atoms with Crippen molar-refractivity contribution in [3.8, 4) is 0 Å². The second kappa shape index (κ2) is 16.8. The number of halogens is 4. The molecule has 0 aromatic heterocycles. The van der Waals surface area contributed by atoms with Crippen LogP contribution in [0.25, 0.3) is 0 Å². The Kier molecular flexibility index (Phi) is 12.2. The Balaban J connectivity index is 1.60. The third-order valence-corrected chi connectivity index (χ3v) is 8.82. The number of hydrogen-bond donors (Lipinski definition) is 3. The quantitative estimate of drug-likeness (QED) is 0.202. The number of nitrogens with two attached hydrogens (primary N) is 1. The van der Waals surface area contributed by atoms with Crippen molar-refractivity contribution in [1.29, 1.82) is 0 Å². The van der Waals surface area contributed by atoms with Crippen LogP contribution in [0, 0.1) is 5.82 Å². The van der Waals surface area contributed by atoms with Crippen LogP contribution in [0.1, 0.15) is 41.3 Å². The number of hydrogen-bond acceptors (Lipinski definition) is 7. The van der Waals surface area contributed by atoms with Gasteiger partial charge in [0.2, 0.25) is 5.91 Å². The summed E-state index contributed by atoms with van der Waals surface area (Å²) < 4.78 is 60.3. The Morgan fingerprint density at radius 3 is 2.38 bits per heavy atom. The van der Waals surface area contributed by atoms with Crippen LogP contribution >= 0.6 is 0 Å². The largest absolute Gasteiger partial charge is 0.416 e. The summed E-state index contributed by atoms with van der Waals surface area (Å²) in [5, 5.41) is 5.51. The fourth-order valence-electron chi connectivity index (χ4n) is 6.13. The Bertz CT molecular complexity index is 1840. The van der Waals surface area contributed by atoms with E-state index in [9.17, 15) is 31.9 Å². The topological polar surface area (TPSA) is 129 Å². The normalized spacial score (nSPS) is 20.9. The van der Waals surface area contributed by atoms with Crippen LogP contribution in [0.3, 0.4) is 0 Å². The number of alkyl halides is 3. The van der Waals surface area contributed by atoms with E-state index in [0.717, 1.165) is 25.2 Å². The smallest absolute Gasteiger partial charge is 0.400 e. The number of benzene rings is 3. The van der Waals surface area contributed by atoms with Crippen LogP contribution in [-0.2, 0) is 20.5 Å². The first-order valence-corrected chi connectivity index (χ1v) is 16.8. The number of amidine groups is 1. The molecule has 2 saturated heterocycles. The predicted octanol–water partition coefficient (Wildman–Crippen LogP) is 4.92. The van der Waals surface area contributed by atoms with E-state index in [1.165, 1.54) is 41.3 Å². The van der Waals surface area contributed by atoms with E-state index in [-0.39, 0.29) is 29.2 Å². The first kappa shape index (κ1) is 37.9. The van der Waals surface area contributed by atoms with Gasteiger partial charge in [0.25, 0.3) is 11.8 Å². The molecule has 3 atom stereocenters. The molecule has 2 fully saturated rings. The summed E-state index contributed by atoms with van der Waals surface area (Å²) in [6.07, 6.45) is -1.57. The first-order chi connectivity index (χ1) is 24.9. The van der Waals surface area contributed by atoms with Crippen LogP contribution < -0.4 is 16.4 Å². The monoisotopic (exact) mass is 720 g/mol. The molecule has 10 nitrogen and oxygen atoms in total. The number of piperidine rings is 1. The fourth-order valence-corrected chi connectivity index (χ4v) is 6.13. The summed E-state index contributed by atoms with van der Waals surface area (Å²) in [6, 6.07) is 15.6. The maximum Gasteiger partial charge on any atom is 0.416 e. The van der Waals surface area contributed by atoms with Gasteiger partial charge in [-0.15, -0.1) is 0 Å². The van der Waals surface area contributed by atoms with Gasteiger partial charge in [-0.1, -0.05) is 42.5 Å². The Morgan fingerprint density at radius 1 is 1.04 bits per heavy atom. The zero-order valence-electron chi connectivity index (χ0n) is 28.7. The molecule has 4 N–H and O–H groups in total. The molecule has 0 radical (unpaired) electrons. The third kappa shape index (κ3) is 9.11. The van der Waals surface area contributed by atoms with E-state index in [1.54, 1.807) is 50.3 Å². The van der Waals surface area contributed by atoms with Crippen LogP contribution in [0.5, 0.6) is 0 Å². The molecule has 2 aliphatic heterocycles. The lowest BCUT2D eigenvalue weighted by molar-refractivity contribution is -0.137. The second-order valence-corrected chi connectivity index (χ2v) is 12.3. The summed E-state index contributed by atoms with van der Waals surface area (Å²) in [4.78, 5) is 49.4. The zero-order chi connectivity index (χ0) is 37.4. The SMILES string of the molecule is CCN1C(=O)C(NC(=O)c2cccc(C(F)(F)F)c2)C(c2ccc(F)cc2)/C(=C(/N)C(C)NC(=O)/C=C/CN2CCOCC2)C1=Nc1ccccc1. The number of carbonyl (C=O) groups excluding carboxylic acids is 3. The molecule has 14 heteroatoms. The van der Waals surface area contributed by atoms with Crippen molar-refractivity contribution in [3.05, 3.63) is 125 Å². The molecule has 0 saturated carbocycles. The van der Waals surface area contributed by atoms with Crippen molar-refractivity contribution in [2.24, 2.45) is 10.7 Å². The van der Waals surface area contributed by atoms with Crippen molar-refractivity contribution >= 4 is 29.2 Å². The number of morpholine rings is 1. The van der Waals surface area contributed by atoms with Gasteiger partial charge in [0.1, 0.15) is 17.7 Å². The van der Waals surface area contributed by atoms with Crippen molar-refractivity contribution in [2.45, 2.75) is 38.0 Å². The number of nitrogens with zero attached hydrogens (tertiary/aromatic N) is 3. The molecule has 52 heavy (non-hydrogen) atoms. The Hall–Kier alpha value is -5.34. The predicted molar refractivity (Wildman–Crippen MR) is 188 cm³/mol. The summed E-state index contributed by atoms with van der Waals surface area (Å²) >= 11 is 0. The van der Waals surface area contributed by atoms with E-state index >= 15 is 0 Å². The molecule has 0 spiro atoms.